The van der Waals surface area contributed by atoms with Crippen molar-refractivity contribution < 1.29 is 8.81 Å². The van der Waals surface area contributed by atoms with Gasteiger partial charge in [-0.15, -0.1) is 0 Å². The standard InChI is InChI=1S/C18H20FN5O2/c1-22(2)11-5-6-23(8-11)17-13(19)7-12-15-14(20-9-26-15)18(25)24(10-3-4-10)16(12)21-17/h7,9-11H,3-6,8H2,1-2H3. The van der Waals surface area contributed by atoms with E-state index in [1.165, 1.54) is 12.5 Å². The van der Waals surface area contributed by atoms with Gasteiger partial charge < -0.3 is 14.2 Å². The number of anilines is 1. The van der Waals surface area contributed by atoms with Gasteiger partial charge in [-0.2, -0.15) is 0 Å². The molecule has 3 aromatic rings. The molecule has 1 saturated carbocycles. The fourth-order valence-corrected chi connectivity index (χ4v) is 3.87. The van der Waals surface area contributed by atoms with E-state index in [4.69, 9.17) is 4.42 Å². The molecule has 0 N–H and O–H groups in total. The quantitative estimate of drug-likeness (QED) is 0.716. The molecule has 0 aromatic carbocycles. The van der Waals surface area contributed by atoms with Crippen LogP contribution in [0.2, 0.25) is 0 Å². The first-order valence-electron chi connectivity index (χ1n) is 8.94. The molecule has 0 amide bonds. The minimum absolute atomic E-state index is 0.116. The predicted molar refractivity (Wildman–Crippen MR) is 96.1 cm³/mol. The molecule has 1 unspecified atom stereocenters. The summed E-state index contributed by atoms with van der Waals surface area (Å²) in [5, 5.41) is 0.508. The van der Waals surface area contributed by atoms with E-state index in [2.05, 4.69) is 14.9 Å². The number of nitrogens with zero attached hydrogens (tertiary/aromatic N) is 5. The van der Waals surface area contributed by atoms with Crippen molar-refractivity contribution in [3.05, 3.63) is 28.6 Å². The van der Waals surface area contributed by atoms with Crippen LogP contribution in [-0.2, 0) is 0 Å². The Labute approximate surface area is 149 Å². The Kier molecular flexibility index (Phi) is 3.34. The lowest BCUT2D eigenvalue weighted by Crippen LogP contribution is -2.32. The number of likely N-dealkylation sites (N-methyl/N-ethyl adjacent to an activating group) is 1. The first kappa shape index (κ1) is 15.7. The van der Waals surface area contributed by atoms with Gasteiger partial charge in [-0.3, -0.25) is 9.36 Å². The number of aromatic nitrogens is 3. The summed E-state index contributed by atoms with van der Waals surface area (Å²) in [5.74, 6) is -0.0786. The molecule has 1 aliphatic heterocycles. The second-order valence-electron chi connectivity index (χ2n) is 7.45. The van der Waals surface area contributed by atoms with Crippen molar-refractivity contribution in [2.45, 2.75) is 31.3 Å². The molecule has 1 atom stereocenters. The molecule has 7 nitrogen and oxygen atoms in total. The van der Waals surface area contributed by atoms with E-state index >= 15 is 0 Å². The van der Waals surface area contributed by atoms with Crippen molar-refractivity contribution in [3.8, 4) is 0 Å². The zero-order valence-corrected chi connectivity index (χ0v) is 14.8. The van der Waals surface area contributed by atoms with Crippen LogP contribution in [0.4, 0.5) is 10.2 Å². The summed E-state index contributed by atoms with van der Waals surface area (Å²) < 4.78 is 22.0. The molecule has 1 aliphatic carbocycles. The number of oxazole rings is 1. The minimum atomic E-state index is -0.393. The Morgan fingerprint density at radius 3 is 2.81 bits per heavy atom. The van der Waals surface area contributed by atoms with Gasteiger partial charge >= 0.3 is 0 Å². The maximum atomic E-state index is 14.9. The molecule has 0 radical (unpaired) electrons. The van der Waals surface area contributed by atoms with Crippen molar-refractivity contribution in [3.63, 3.8) is 0 Å². The fourth-order valence-electron chi connectivity index (χ4n) is 3.87. The van der Waals surface area contributed by atoms with Crippen LogP contribution < -0.4 is 10.5 Å². The van der Waals surface area contributed by atoms with E-state index in [0.29, 0.717) is 28.5 Å². The molecule has 0 bridgehead atoms. The summed E-state index contributed by atoms with van der Waals surface area (Å²) >= 11 is 0. The number of pyridine rings is 2. The minimum Gasteiger partial charge on any atom is -0.442 e. The molecule has 3 aromatic heterocycles. The van der Waals surface area contributed by atoms with Crippen molar-refractivity contribution in [1.82, 2.24) is 19.4 Å². The van der Waals surface area contributed by atoms with E-state index in [0.717, 1.165) is 32.4 Å². The van der Waals surface area contributed by atoms with Crippen LogP contribution in [0.5, 0.6) is 0 Å². The second kappa shape index (κ2) is 5.51. The number of fused-ring (bicyclic) bond motifs is 3. The fraction of sp³-hybridized carbons (Fsp3) is 0.500. The maximum Gasteiger partial charge on any atom is 0.282 e. The van der Waals surface area contributed by atoms with E-state index in [9.17, 15) is 9.18 Å². The Bertz CT molecular complexity index is 1070. The highest BCUT2D eigenvalue weighted by Gasteiger charge is 2.32. The molecule has 26 heavy (non-hydrogen) atoms. The van der Waals surface area contributed by atoms with Crippen molar-refractivity contribution in [2.75, 3.05) is 32.1 Å². The summed E-state index contributed by atoms with van der Waals surface area (Å²) in [4.78, 5) is 25.6. The van der Waals surface area contributed by atoms with Crippen LogP contribution in [0, 0.1) is 5.82 Å². The molecule has 4 heterocycles. The molecule has 2 fully saturated rings. The Morgan fingerprint density at radius 1 is 1.31 bits per heavy atom. The van der Waals surface area contributed by atoms with Crippen LogP contribution >= 0.6 is 0 Å². The first-order valence-corrected chi connectivity index (χ1v) is 8.94. The molecule has 1 saturated heterocycles. The largest absolute Gasteiger partial charge is 0.442 e. The molecule has 8 heteroatoms. The predicted octanol–water partition coefficient (Wildman–Crippen LogP) is 2.15. The van der Waals surface area contributed by atoms with E-state index in [1.54, 1.807) is 4.57 Å². The normalized spacial score (nSPS) is 20.8. The summed E-state index contributed by atoms with van der Waals surface area (Å²) in [7, 11) is 4.06. The van der Waals surface area contributed by atoms with Crippen molar-refractivity contribution >= 4 is 28.0 Å². The van der Waals surface area contributed by atoms with Gasteiger partial charge in [0.05, 0.1) is 5.39 Å². The van der Waals surface area contributed by atoms with Gasteiger partial charge in [0.1, 0.15) is 5.65 Å². The number of rotatable bonds is 3. The monoisotopic (exact) mass is 357 g/mol. The number of halogens is 1. The van der Waals surface area contributed by atoms with Crippen LogP contribution in [-0.4, -0.2) is 52.7 Å². The summed E-state index contributed by atoms with van der Waals surface area (Å²) in [6.07, 6.45) is 4.05. The topological polar surface area (TPSA) is 67.4 Å². The van der Waals surface area contributed by atoms with Crippen LogP contribution in [0.1, 0.15) is 25.3 Å². The maximum absolute atomic E-state index is 14.9. The summed E-state index contributed by atoms with van der Waals surface area (Å²) in [5.41, 5.74) is 0.840. The number of hydrogen-bond donors (Lipinski definition) is 0. The Morgan fingerprint density at radius 2 is 2.12 bits per heavy atom. The average Bonchev–Trinajstić information content (AvgIpc) is 3.12. The van der Waals surface area contributed by atoms with Gasteiger partial charge in [0.25, 0.3) is 5.56 Å². The highest BCUT2D eigenvalue weighted by atomic mass is 19.1. The molecular formula is C18H20FN5O2. The van der Waals surface area contributed by atoms with E-state index < -0.39 is 5.82 Å². The van der Waals surface area contributed by atoms with E-state index in [1.807, 2.05) is 19.0 Å². The summed E-state index contributed by atoms with van der Waals surface area (Å²) in [6, 6.07) is 1.92. The lowest BCUT2D eigenvalue weighted by Gasteiger charge is -2.22. The van der Waals surface area contributed by atoms with Gasteiger partial charge in [-0.25, -0.2) is 14.4 Å². The summed E-state index contributed by atoms with van der Waals surface area (Å²) in [6.45, 7) is 1.47. The SMILES string of the molecule is CN(C)C1CCN(c2nc3c(cc2F)c2ocnc2c(=O)n3C2CC2)C1. The molecule has 136 valence electrons. The third kappa shape index (κ3) is 2.25. The van der Waals surface area contributed by atoms with Crippen LogP contribution in [0.25, 0.3) is 22.1 Å². The Hall–Kier alpha value is -2.48. The third-order valence-electron chi connectivity index (χ3n) is 5.50. The molecule has 2 aliphatic rings. The highest BCUT2D eigenvalue weighted by molar-refractivity contribution is 5.99. The van der Waals surface area contributed by atoms with Gasteiger partial charge in [0.2, 0.25) is 0 Å². The zero-order valence-electron chi connectivity index (χ0n) is 14.8. The van der Waals surface area contributed by atoms with Crippen LogP contribution in [0.15, 0.2) is 21.7 Å². The number of hydrogen-bond acceptors (Lipinski definition) is 6. The highest BCUT2D eigenvalue weighted by Crippen LogP contribution is 2.38. The lowest BCUT2D eigenvalue weighted by atomic mass is 10.2. The van der Waals surface area contributed by atoms with Crippen molar-refractivity contribution in [1.29, 1.82) is 0 Å². The zero-order chi connectivity index (χ0) is 18.0. The van der Waals surface area contributed by atoms with Crippen LogP contribution in [0.3, 0.4) is 0 Å². The molecule has 0 spiro atoms. The van der Waals surface area contributed by atoms with E-state index in [-0.39, 0.29) is 17.1 Å². The van der Waals surface area contributed by atoms with Gasteiger partial charge in [-0.1, -0.05) is 0 Å². The van der Waals surface area contributed by atoms with Gasteiger partial charge in [0.15, 0.2) is 29.1 Å². The van der Waals surface area contributed by atoms with Gasteiger partial charge in [0, 0.05) is 25.2 Å². The third-order valence-corrected chi connectivity index (χ3v) is 5.50. The lowest BCUT2D eigenvalue weighted by molar-refractivity contribution is 0.315. The molecule has 5 rings (SSSR count). The average molecular weight is 357 g/mol. The smallest absolute Gasteiger partial charge is 0.282 e. The Balaban J connectivity index is 1.72. The van der Waals surface area contributed by atoms with Gasteiger partial charge in [-0.05, 0) is 39.4 Å². The molecular weight excluding hydrogens is 337 g/mol. The first-order chi connectivity index (χ1) is 12.5. The van der Waals surface area contributed by atoms with Crippen molar-refractivity contribution in [2.24, 2.45) is 0 Å². The second-order valence-corrected chi connectivity index (χ2v) is 7.45.